The molecule has 0 radical (unpaired) electrons. The maximum Gasteiger partial charge on any atom is 0.232 e. The molecule has 7 nitrogen and oxygen atoms in total. The molecule has 0 aliphatic carbocycles. The van der Waals surface area contributed by atoms with Crippen LogP contribution in [-0.4, -0.2) is 36.3 Å². The number of amides is 1. The van der Waals surface area contributed by atoms with Crippen molar-refractivity contribution in [2.45, 2.75) is 26.2 Å². The molecule has 4 rings (SSSR count). The van der Waals surface area contributed by atoms with Crippen LogP contribution >= 0.6 is 0 Å². The minimum absolute atomic E-state index is 0.101. The Morgan fingerprint density at radius 2 is 2.07 bits per heavy atom. The van der Waals surface area contributed by atoms with Crippen LogP contribution in [0.2, 0.25) is 0 Å². The van der Waals surface area contributed by atoms with Crippen molar-refractivity contribution in [1.29, 1.82) is 0 Å². The number of methoxy groups -OCH3 is 1. The van der Waals surface area contributed by atoms with Crippen molar-refractivity contribution in [3.63, 3.8) is 0 Å². The summed E-state index contributed by atoms with van der Waals surface area (Å²) in [6.07, 6.45) is 0.226. The molecule has 2 heterocycles. The van der Waals surface area contributed by atoms with Crippen LogP contribution in [0.5, 0.6) is 11.5 Å². The second-order valence-corrected chi connectivity index (χ2v) is 7.09. The average molecular weight is 411 g/mol. The molecular weight excluding hydrogens is 389 g/mol. The number of anilines is 1. The molecule has 1 unspecified atom stereocenters. The number of hydrogen-bond donors (Lipinski definition) is 0. The molecule has 156 valence electrons. The van der Waals surface area contributed by atoms with E-state index >= 15 is 0 Å². The Hall–Kier alpha value is -3.42. The SMILES string of the molecule is CCOc1ccc(-c2noc(C3CC(=O)N(c4cc(F)ccc4C)C3)n2)cc1OC. The van der Waals surface area contributed by atoms with Crippen molar-refractivity contribution in [2.75, 3.05) is 25.2 Å². The number of ether oxygens (including phenoxy) is 2. The van der Waals surface area contributed by atoms with Gasteiger partial charge in [-0.15, -0.1) is 0 Å². The minimum Gasteiger partial charge on any atom is -0.493 e. The molecule has 8 heteroatoms. The van der Waals surface area contributed by atoms with Crippen molar-refractivity contribution in [2.24, 2.45) is 0 Å². The number of benzene rings is 2. The molecule has 0 bridgehead atoms. The molecule has 30 heavy (non-hydrogen) atoms. The highest BCUT2D eigenvalue weighted by Gasteiger charge is 2.36. The van der Waals surface area contributed by atoms with Gasteiger partial charge in [0.2, 0.25) is 17.6 Å². The number of aromatic nitrogens is 2. The van der Waals surface area contributed by atoms with Gasteiger partial charge in [0.25, 0.3) is 0 Å². The number of hydrogen-bond acceptors (Lipinski definition) is 6. The summed E-state index contributed by atoms with van der Waals surface area (Å²) in [7, 11) is 1.57. The van der Waals surface area contributed by atoms with E-state index in [0.717, 1.165) is 5.56 Å². The third-order valence-electron chi connectivity index (χ3n) is 5.10. The van der Waals surface area contributed by atoms with Gasteiger partial charge in [-0.25, -0.2) is 4.39 Å². The zero-order valence-electron chi connectivity index (χ0n) is 17.0. The van der Waals surface area contributed by atoms with Crippen LogP contribution in [0.4, 0.5) is 10.1 Å². The van der Waals surface area contributed by atoms with E-state index in [4.69, 9.17) is 14.0 Å². The second-order valence-electron chi connectivity index (χ2n) is 7.09. The quantitative estimate of drug-likeness (QED) is 0.607. The van der Waals surface area contributed by atoms with Crippen molar-refractivity contribution >= 4 is 11.6 Å². The summed E-state index contributed by atoms with van der Waals surface area (Å²) in [6, 6.07) is 9.82. The average Bonchev–Trinajstić information content (AvgIpc) is 3.37. The fourth-order valence-corrected chi connectivity index (χ4v) is 3.58. The van der Waals surface area contributed by atoms with Crippen LogP contribution in [0.3, 0.4) is 0 Å². The van der Waals surface area contributed by atoms with E-state index in [-0.39, 0.29) is 24.1 Å². The first-order chi connectivity index (χ1) is 14.5. The van der Waals surface area contributed by atoms with Gasteiger partial charge < -0.3 is 18.9 Å². The molecular formula is C22H22FN3O4. The first kappa shape index (κ1) is 19.9. The summed E-state index contributed by atoms with van der Waals surface area (Å²) in [6.45, 7) is 4.63. The van der Waals surface area contributed by atoms with Crippen molar-refractivity contribution < 1.29 is 23.2 Å². The molecule has 0 N–H and O–H groups in total. The highest BCUT2D eigenvalue weighted by Crippen LogP contribution is 2.35. The van der Waals surface area contributed by atoms with Crippen LogP contribution in [0.15, 0.2) is 40.9 Å². The van der Waals surface area contributed by atoms with Crippen molar-refractivity contribution in [3.05, 3.63) is 53.7 Å². The predicted molar refractivity (Wildman–Crippen MR) is 108 cm³/mol. The maximum absolute atomic E-state index is 13.7. The molecule has 0 spiro atoms. The molecule has 0 saturated carbocycles. The third-order valence-corrected chi connectivity index (χ3v) is 5.10. The molecule has 1 aromatic heterocycles. The normalized spacial score (nSPS) is 16.2. The Kier molecular flexibility index (Phi) is 5.39. The molecule has 1 aliphatic rings. The van der Waals surface area contributed by atoms with Gasteiger partial charge in [-0.3, -0.25) is 4.79 Å². The van der Waals surface area contributed by atoms with Crippen LogP contribution in [0, 0.1) is 12.7 Å². The van der Waals surface area contributed by atoms with Gasteiger partial charge in [0.1, 0.15) is 5.82 Å². The van der Waals surface area contributed by atoms with E-state index in [2.05, 4.69) is 10.1 Å². The number of rotatable bonds is 6. The standard InChI is InChI=1S/C22H22FN3O4/c1-4-29-18-8-6-14(9-19(18)28-3)21-24-22(30-25-21)15-10-20(27)26(12-15)17-11-16(23)7-5-13(17)2/h5-9,11,15H,4,10,12H2,1-3H3. The zero-order chi connectivity index (χ0) is 21.3. The fourth-order valence-electron chi connectivity index (χ4n) is 3.58. The lowest BCUT2D eigenvalue weighted by Crippen LogP contribution is -2.25. The summed E-state index contributed by atoms with van der Waals surface area (Å²) in [5.74, 6) is 1.25. The Morgan fingerprint density at radius 1 is 1.23 bits per heavy atom. The Labute approximate surface area is 173 Å². The number of carbonyl (C=O) groups is 1. The van der Waals surface area contributed by atoms with Crippen molar-refractivity contribution in [3.8, 4) is 22.9 Å². The number of halogens is 1. The summed E-state index contributed by atoms with van der Waals surface area (Å²) < 4.78 is 30.0. The van der Waals surface area contributed by atoms with Crippen LogP contribution in [-0.2, 0) is 4.79 Å². The van der Waals surface area contributed by atoms with Gasteiger partial charge in [-0.2, -0.15) is 4.98 Å². The van der Waals surface area contributed by atoms with Gasteiger partial charge in [-0.1, -0.05) is 11.2 Å². The Balaban J connectivity index is 1.56. The van der Waals surface area contributed by atoms with E-state index < -0.39 is 0 Å². The monoisotopic (exact) mass is 411 g/mol. The Bertz CT molecular complexity index is 1080. The molecule has 1 atom stereocenters. The summed E-state index contributed by atoms with van der Waals surface area (Å²) >= 11 is 0. The largest absolute Gasteiger partial charge is 0.493 e. The van der Waals surface area contributed by atoms with Gasteiger partial charge in [0, 0.05) is 24.2 Å². The van der Waals surface area contributed by atoms with Gasteiger partial charge in [0.05, 0.1) is 19.6 Å². The molecule has 1 fully saturated rings. The van der Waals surface area contributed by atoms with E-state index in [9.17, 15) is 9.18 Å². The second kappa shape index (κ2) is 8.14. The predicted octanol–water partition coefficient (Wildman–Crippen LogP) is 4.11. The van der Waals surface area contributed by atoms with E-state index in [1.807, 2.05) is 19.9 Å². The smallest absolute Gasteiger partial charge is 0.232 e. The molecule has 1 aliphatic heterocycles. The lowest BCUT2D eigenvalue weighted by molar-refractivity contribution is -0.117. The first-order valence-electron chi connectivity index (χ1n) is 9.71. The third kappa shape index (κ3) is 3.72. The number of carbonyl (C=O) groups excluding carboxylic acids is 1. The Morgan fingerprint density at radius 3 is 2.83 bits per heavy atom. The van der Waals surface area contributed by atoms with Gasteiger partial charge in [0.15, 0.2) is 11.5 Å². The van der Waals surface area contributed by atoms with E-state index in [1.165, 1.54) is 12.1 Å². The fraction of sp³-hybridized carbons (Fsp3) is 0.318. The maximum atomic E-state index is 13.7. The zero-order valence-corrected chi connectivity index (χ0v) is 17.0. The van der Waals surface area contributed by atoms with Crippen LogP contribution in [0.25, 0.3) is 11.4 Å². The molecule has 1 amide bonds. The number of nitrogens with zero attached hydrogens (tertiary/aromatic N) is 3. The van der Waals surface area contributed by atoms with Gasteiger partial charge in [-0.05, 0) is 49.7 Å². The molecule has 2 aromatic carbocycles. The molecule has 1 saturated heterocycles. The van der Waals surface area contributed by atoms with E-state index in [0.29, 0.717) is 47.6 Å². The van der Waals surface area contributed by atoms with E-state index in [1.54, 1.807) is 30.2 Å². The van der Waals surface area contributed by atoms with Crippen molar-refractivity contribution in [1.82, 2.24) is 10.1 Å². The summed E-state index contributed by atoms with van der Waals surface area (Å²) in [5, 5.41) is 4.06. The first-order valence-corrected chi connectivity index (χ1v) is 9.71. The number of aryl methyl sites for hydroxylation is 1. The van der Waals surface area contributed by atoms with Crippen LogP contribution < -0.4 is 14.4 Å². The minimum atomic E-state index is -0.378. The molecule has 3 aromatic rings. The highest BCUT2D eigenvalue weighted by atomic mass is 19.1. The van der Waals surface area contributed by atoms with Crippen LogP contribution in [0.1, 0.15) is 30.7 Å². The van der Waals surface area contributed by atoms with Gasteiger partial charge >= 0.3 is 0 Å². The lowest BCUT2D eigenvalue weighted by atomic mass is 10.1. The summed E-state index contributed by atoms with van der Waals surface area (Å²) in [4.78, 5) is 18.6. The summed E-state index contributed by atoms with van der Waals surface area (Å²) in [5.41, 5.74) is 2.11. The topological polar surface area (TPSA) is 77.7 Å². The highest BCUT2D eigenvalue weighted by molar-refractivity contribution is 5.97. The lowest BCUT2D eigenvalue weighted by Gasteiger charge is -2.18.